The highest BCUT2D eigenvalue weighted by atomic mass is 35.5. The van der Waals surface area contributed by atoms with E-state index in [4.69, 9.17) is 11.6 Å². The van der Waals surface area contributed by atoms with E-state index in [-0.39, 0.29) is 0 Å². The summed E-state index contributed by atoms with van der Waals surface area (Å²) in [7, 11) is 0. The van der Waals surface area contributed by atoms with Crippen LogP contribution >= 0.6 is 22.9 Å². The Bertz CT molecular complexity index is 224. The maximum absolute atomic E-state index is 5.57. The van der Waals surface area contributed by atoms with Crippen molar-refractivity contribution in [1.29, 1.82) is 0 Å². The van der Waals surface area contributed by atoms with E-state index in [2.05, 4.69) is 30.5 Å². The van der Waals surface area contributed by atoms with Crippen LogP contribution in [0, 0.1) is 0 Å². The van der Waals surface area contributed by atoms with Crippen LogP contribution < -0.4 is 0 Å². The van der Waals surface area contributed by atoms with Crippen molar-refractivity contribution in [2.45, 2.75) is 13.3 Å². The van der Waals surface area contributed by atoms with Gasteiger partial charge in [-0.1, -0.05) is 12.1 Å². The molecule has 0 N–H and O–H groups in total. The minimum absolute atomic E-state index is 0.711. The first kappa shape index (κ1) is 8.82. The summed E-state index contributed by atoms with van der Waals surface area (Å²) in [4.78, 5) is 1.34. The first-order valence-corrected chi connectivity index (χ1v) is 5.02. The number of allylic oxidation sites excluding steroid dienone is 2. The molecule has 0 nitrogen and oxygen atoms in total. The predicted molar refractivity (Wildman–Crippen MR) is 53.3 cm³/mol. The Balaban J connectivity index is 2.62. The van der Waals surface area contributed by atoms with Crippen molar-refractivity contribution in [2.24, 2.45) is 0 Å². The molecule has 60 valence electrons. The summed E-state index contributed by atoms with van der Waals surface area (Å²) in [6.07, 6.45) is 3.14. The minimum atomic E-state index is 0.711. The topological polar surface area (TPSA) is 0 Å². The van der Waals surface area contributed by atoms with E-state index in [1.165, 1.54) is 10.5 Å². The lowest BCUT2D eigenvalue weighted by molar-refractivity contribution is 1.23. The molecule has 2 heteroatoms. The smallest absolute Gasteiger partial charge is 0.0296 e. The molecule has 1 aromatic rings. The van der Waals surface area contributed by atoms with Gasteiger partial charge in [-0.15, -0.1) is 22.9 Å². The molecule has 0 aromatic carbocycles. The molecule has 0 radical (unpaired) electrons. The van der Waals surface area contributed by atoms with Crippen LogP contribution in [0.2, 0.25) is 0 Å². The minimum Gasteiger partial charge on any atom is -0.144 e. The predicted octanol–water partition coefficient (Wildman–Crippen LogP) is 3.78. The quantitative estimate of drug-likeness (QED) is 0.631. The molecule has 0 unspecified atom stereocenters. The second kappa shape index (κ2) is 4.58. The average Bonchev–Trinajstić information content (AvgIpc) is 2.52. The van der Waals surface area contributed by atoms with Gasteiger partial charge in [0.15, 0.2) is 0 Å². The zero-order chi connectivity index (χ0) is 8.10. The third kappa shape index (κ3) is 2.68. The molecule has 0 bridgehead atoms. The highest BCUT2D eigenvalue weighted by Crippen LogP contribution is 2.19. The Morgan fingerprint density at radius 3 is 3.09 bits per heavy atom. The average molecular weight is 187 g/mol. The van der Waals surface area contributed by atoms with Crippen molar-refractivity contribution in [2.75, 3.05) is 5.88 Å². The Hall–Kier alpha value is -0.270. The van der Waals surface area contributed by atoms with Crippen molar-refractivity contribution in [3.63, 3.8) is 0 Å². The first-order chi connectivity index (χ1) is 5.34. The van der Waals surface area contributed by atoms with Crippen molar-refractivity contribution in [3.05, 3.63) is 28.5 Å². The van der Waals surface area contributed by atoms with Gasteiger partial charge in [0, 0.05) is 10.8 Å². The highest BCUT2D eigenvalue weighted by molar-refractivity contribution is 7.11. The summed E-state index contributed by atoms with van der Waals surface area (Å²) >= 11 is 7.34. The number of hydrogen-bond acceptors (Lipinski definition) is 1. The largest absolute Gasteiger partial charge is 0.144 e. The second-order valence-corrected chi connectivity index (χ2v) is 3.67. The van der Waals surface area contributed by atoms with Crippen LogP contribution in [0.5, 0.6) is 0 Å². The fourth-order valence-corrected chi connectivity index (χ4v) is 1.71. The van der Waals surface area contributed by atoms with Crippen LogP contribution in [-0.2, 0) is 0 Å². The summed E-state index contributed by atoms with van der Waals surface area (Å²) in [5, 5.41) is 2.09. The third-order valence-corrected chi connectivity index (χ3v) is 2.69. The lowest BCUT2D eigenvalue weighted by Gasteiger charge is -1.94. The van der Waals surface area contributed by atoms with Gasteiger partial charge in [-0.2, -0.15) is 0 Å². The Morgan fingerprint density at radius 1 is 1.73 bits per heavy atom. The molecular formula is C9H11ClS. The van der Waals surface area contributed by atoms with Gasteiger partial charge in [-0.25, -0.2) is 0 Å². The van der Waals surface area contributed by atoms with E-state index in [1.54, 1.807) is 11.3 Å². The van der Waals surface area contributed by atoms with Gasteiger partial charge in [0.25, 0.3) is 0 Å². The van der Waals surface area contributed by atoms with Gasteiger partial charge in [0.05, 0.1) is 0 Å². The maximum atomic E-state index is 5.57. The molecule has 0 saturated carbocycles. The van der Waals surface area contributed by atoms with E-state index < -0.39 is 0 Å². The first-order valence-electron chi connectivity index (χ1n) is 3.61. The number of rotatable bonds is 3. The molecule has 0 atom stereocenters. The van der Waals surface area contributed by atoms with E-state index in [0.29, 0.717) is 5.88 Å². The number of thiophene rings is 1. The molecule has 0 saturated heterocycles. The van der Waals surface area contributed by atoms with Gasteiger partial charge in [0.1, 0.15) is 0 Å². The van der Waals surface area contributed by atoms with Crippen LogP contribution in [-0.4, -0.2) is 5.88 Å². The zero-order valence-corrected chi connectivity index (χ0v) is 8.08. The van der Waals surface area contributed by atoms with Crippen molar-refractivity contribution in [1.82, 2.24) is 0 Å². The molecule has 0 spiro atoms. The maximum Gasteiger partial charge on any atom is 0.0296 e. The second-order valence-electron chi connectivity index (χ2n) is 2.34. The molecule has 1 aromatic heterocycles. The molecule has 1 rings (SSSR count). The van der Waals surface area contributed by atoms with Gasteiger partial charge in [0.2, 0.25) is 0 Å². The monoisotopic (exact) mass is 186 g/mol. The molecule has 0 aliphatic heterocycles. The van der Waals surface area contributed by atoms with Crippen LogP contribution in [0.25, 0.3) is 5.57 Å². The van der Waals surface area contributed by atoms with Crippen LogP contribution in [0.3, 0.4) is 0 Å². The lowest BCUT2D eigenvalue weighted by Crippen LogP contribution is -1.73. The molecule has 1 heterocycles. The summed E-state index contributed by atoms with van der Waals surface area (Å²) in [6.45, 7) is 2.12. The fourth-order valence-electron chi connectivity index (χ4n) is 0.875. The van der Waals surface area contributed by atoms with E-state index in [1.807, 2.05) is 0 Å². The zero-order valence-electron chi connectivity index (χ0n) is 6.51. The molecule has 0 fully saturated rings. The molecule has 0 aliphatic rings. The summed E-state index contributed by atoms with van der Waals surface area (Å²) in [5.41, 5.74) is 1.33. The van der Waals surface area contributed by atoms with Crippen molar-refractivity contribution in [3.8, 4) is 0 Å². The summed E-state index contributed by atoms with van der Waals surface area (Å²) < 4.78 is 0. The number of halogens is 1. The standard InChI is InChI=1S/C9H11ClS/c1-8(4-2-6-10)9-5-3-7-11-9/h3-5,7H,2,6H2,1H3/b8-4+. The van der Waals surface area contributed by atoms with Crippen LogP contribution in [0.4, 0.5) is 0 Å². The fraction of sp³-hybridized carbons (Fsp3) is 0.333. The van der Waals surface area contributed by atoms with Gasteiger partial charge in [-0.3, -0.25) is 0 Å². The van der Waals surface area contributed by atoms with E-state index in [0.717, 1.165) is 6.42 Å². The molecule has 11 heavy (non-hydrogen) atoms. The lowest BCUT2D eigenvalue weighted by atomic mass is 10.2. The molecule has 0 amide bonds. The SMILES string of the molecule is C/C(=C\CCCl)c1cccs1. The Labute approximate surface area is 76.5 Å². The Kier molecular flexibility index (Phi) is 3.67. The van der Waals surface area contributed by atoms with E-state index in [9.17, 15) is 0 Å². The molecular weight excluding hydrogens is 176 g/mol. The normalized spacial score (nSPS) is 12.0. The highest BCUT2D eigenvalue weighted by Gasteiger charge is 1.93. The summed E-state index contributed by atoms with van der Waals surface area (Å²) in [6, 6.07) is 4.20. The van der Waals surface area contributed by atoms with Crippen molar-refractivity contribution >= 4 is 28.5 Å². The van der Waals surface area contributed by atoms with Crippen LogP contribution in [0.15, 0.2) is 23.6 Å². The summed E-state index contributed by atoms with van der Waals surface area (Å²) in [5.74, 6) is 0.711. The van der Waals surface area contributed by atoms with Crippen molar-refractivity contribution < 1.29 is 0 Å². The van der Waals surface area contributed by atoms with Gasteiger partial charge < -0.3 is 0 Å². The number of hydrogen-bond donors (Lipinski definition) is 0. The van der Waals surface area contributed by atoms with Gasteiger partial charge in [-0.05, 0) is 30.4 Å². The Morgan fingerprint density at radius 2 is 2.55 bits per heavy atom. The number of alkyl halides is 1. The van der Waals surface area contributed by atoms with E-state index >= 15 is 0 Å². The van der Waals surface area contributed by atoms with Gasteiger partial charge >= 0.3 is 0 Å². The molecule has 0 aliphatic carbocycles. The third-order valence-electron chi connectivity index (χ3n) is 1.47. The van der Waals surface area contributed by atoms with Crippen LogP contribution in [0.1, 0.15) is 18.2 Å².